The molecule has 0 saturated carbocycles. The minimum absolute atomic E-state index is 0.0456. The van der Waals surface area contributed by atoms with Gasteiger partial charge < -0.3 is 0 Å². The summed E-state index contributed by atoms with van der Waals surface area (Å²) in [6, 6.07) is 20.4. The Morgan fingerprint density at radius 2 is 1.69 bits per heavy atom. The number of aromatic nitrogens is 2. The molecule has 0 amide bonds. The number of nitrogens with zero attached hydrogens (tertiary/aromatic N) is 2. The molecule has 4 aromatic rings. The largest absolute Gasteiger partial charge is 0.292 e. The molecule has 0 spiro atoms. The van der Waals surface area contributed by atoms with Crippen LogP contribution >= 0.6 is 22.6 Å². The van der Waals surface area contributed by atoms with Crippen LogP contribution in [0.2, 0.25) is 0 Å². The summed E-state index contributed by atoms with van der Waals surface area (Å²) in [5.74, 6) is 0.768. The highest BCUT2D eigenvalue weighted by Crippen LogP contribution is 2.28. The SMILES string of the molecule is CCCc1nc2ccc(I)cc2c(=O)n1Cc1ccc(-c2ccccc2S(=O)(=O)NC(C)(C)C)cc1. The fraction of sp³-hybridized carbons (Fsp3) is 0.286. The highest BCUT2D eigenvalue weighted by molar-refractivity contribution is 14.1. The van der Waals surface area contributed by atoms with Gasteiger partial charge in [0.2, 0.25) is 10.0 Å². The number of fused-ring (bicyclic) bond motifs is 1. The second-order valence-corrected chi connectivity index (χ2v) is 12.8. The van der Waals surface area contributed by atoms with Crippen LogP contribution in [0.15, 0.2) is 76.4 Å². The predicted octanol–water partition coefficient (Wildman–Crippen LogP) is 5.75. The number of hydrogen-bond acceptors (Lipinski definition) is 4. The normalized spacial score (nSPS) is 12.2. The Hall–Kier alpha value is -2.56. The number of nitrogens with one attached hydrogen (secondary N) is 1. The maximum absolute atomic E-state index is 13.4. The molecule has 4 rings (SSSR count). The molecule has 36 heavy (non-hydrogen) atoms. The minimum atomic E-state index is -3.70. The first-order chi connectivity index (χ1) is 17.0. The van der Waals surface area contributed by atoms with Crippen LogP contribution in [0.3, 0.4) is 0 Å². The van der Waals surface area contributed by atoms with Gasteiger partial charge in [0.25, 0.3) is 5.56 Å². The molecule has 0 bridgehead atoms. The number of halogens is 1. The van der Waals surface area contributed by atoms with Gasteiger partial charge in [0.1, 0.15) is 5.82 Å². The van der Waals surface area contributed by atoms with Crippen molar-refractivity contribution in [3.8, 4) is 11.1 Å². The van der Waals surface area contributed by atoms with E-state index in [0.29, 0.717) is 23.9 Å². The van der Waals surface area contributed by atoms with Crippen LogP contribution in [0.5, 0.6) is 0 Å². The molecule has 0 aliphatic heterocycles. The van der Waals surface area contributed by atoms with E-state index in [2.05, 4.69) is 34.2 Å². The molecule has 0 saturated heterocycles. The van der Waals surface area contributed by atoms with E-state index in [1.54, 1.807) is 16.7 Å². The van der Waals surface area contributed by atoms with Crippen molar-refractivity contribution in [1.29, 1.82) is 0 Å². The summed E-state index contributed by atoms with van der Waals surface area (Å²) in [7, 11) is -3.70. The summed E-state index contributed by atoms with van der Waals surface area (Å²) in [4.78, 5) is 18.4. The van der Waals surface area contributed by atoms with Crippen molar-refractivity contribution in [2.75, 3.05) is 0 Å². The molecule has 0 aliphatic rings. The van der Waals surface area contributed by atoms with Gasteiger partial charge >= 0.3 is 0 Å². The number of sulfonamides is 1. The van der Waals surface area contributed by atoms with E-state index >= 15 is 0 Å². The monoisotopic (exact) mass is 615 g/mol. The van der Waals surface area contributed by atoms with Crippen LogP contribution in [-0.4, -0.2) is 23.5 Å². The fourth-order valence-electron chi connectivity index (χ4n) is 4.19. The third kappa shape index (κ3) is 5.87. The molecule has 6 nitrogen and oxygen atoms in total. The van der Waals surface area contributed by atoms with Crippen molar-refractivity contribution in [1.82, 2.24) is 14.3 Å². The molecule has 1 heterocycles. The molecule has 3 aromatic carbocycles. The Morgan fingerprint density at radius 1 is 1.00 bits per heavy atom. The predicted molar refractivity (Wildman–Crippen MR) is 154 cm³/mol. The van der Waals surface area contributed by atoms with Gasteiger partial charge in [0.05, 0.1) is 22.3 Å². The van der Waals surface area contributed by atoms with Gasteiger partial charge in [-0.15, -0.1) is 0 Å². The molecular weight excluding hydrogens is 585 g/mol. The zero-order valence-corrected chi connectivity index (χ0v) is 23.9. The van der Waals surface area contributed by atoms with Gasteiger partial charge in [-0.1, -0.05) is 49.4 Å². The average Bonchev–Trinajstić information content (AvgIpc) is 2.81. The Morgan fingerprint density at radius 3 is 2.36 bits per heavy atom. The van der Waals surface area contributed by atoms with Crippen LogP contribution in [0.25, 0.3) is 22.0 Å². The molecular formula is C28H30IN3O3S. The summed E-state index contributed by atoms with van der Waals surface area (Å²) in [6.45, 7) is 7.93. The third-order valence-corrected chi connectivity index (χ3v) is 8.18. The quantitative estimate of drug-likeness (QED) is 0.269. The van der Waals surface area contributed by atoms with E-state index < -0.39 is 15.6 Å². The highest BCUT2D eigenvalue weighted by Gasteiger charge is 2.24. The smallest absolute Gasteiger partial charge is 0.261 e. The molecule has 0 radical (unpaired) electrons. The second kappa shape index (κ2) is 10.4. The van der Waals surface area contributed by atoms with Crippen LogP contribution < -0.4 is 10.3 Å². The summed E-state index contributed by atoms with van der Waals surface area (Å²) >= 11 is 2.21. The van der Waals surface area contributed by atoms with Crippen molar-refractivity contribution >= 4 is 43.5 Å². The van der Waals surface area contributed by atoms with Crippen molar-refractivity contribution in [3.05, 3.63) is 92.0 Å². The van der Waals surface area contributed by atoms with Crippen molar-refractivity contribution < 1.29 is 8.42 Å². The lowest BCUT2D eigenvalue weighted by molar-refractivity contribution is 0.491. The lowest BCUT2D eigenvalue weighted by Crippen LogP contribution is -2.40. The van der Waals surface area contributed by atoms with Crippen LogP contribution in [-0.2, 0) is 23.0 Å². The third-order valence-electron chi connectivity index (χ3n) is 5.69. The van der Waals surface area contributed by atoms with Crippen molar-refractivity contribution in [3.63, 3.8) is 0 Å². The number of hydrogen-bond donors (Lipinski definition) is 1. The lowest BCUT2D eigenvalue weighted by Gasteiger charge is -2.21. The molecule has 0 aliphatic carbocycles. The van der Waals surface area contributed by atoms with Crippen molar-refractivity contribution in [2.24, 2.45) is 0 Å². The zero-order valence-electron chi connectivity index (χ0n) is 20.9. The van der Waals surface area contributed by atoms with Gasteiger partial charge in [-0.3, -0.25) is 9.36 Å². The molecule has 1 N–H and O–H groups in total. The van der Waals surface area contributed by atoms with Gasteiger partial charge in [0, 0.05) is 21.1 Å². The van der Waals surface area contributed by atoms with E-state index in [9.17, 15) is 13.2 Å². The Balaban J connectivity index is 1.71. The van der Waals surface area contributed by atoms with E-state index in [1.165, 1.54) is 0 Å². The zero-order chi connectivity index (χ0) is 26.1. The fourth-order valence-corrected chi connectivity index (χ4v) is 6.33. The van der Waals surface area contributed by atoms with Gasteiger partial charge in [0.15, 0.2) is 0 Å². The van der Waals surface area contributed by atoms with Gasteiger partial charge in [-0.2, -0.15) is 0 Å². The van der Waals surface area contributed by atoms with Gasteiger partial charge in [-0.25, -0.2) is 18.1 Å². The maximum atomic E-state index is 13.4. The Bertz CT molecular complexity index is 1570. The van der Waals surface area contributed by atoms with Gasteiger partial charge in [-0.05, 0) is 85.2 Å². The van der Waals surface area contributed by atoms with E-state index in [1.807, 2.05) is 75.4 Å². The topological polar surface area (TPSA) is 81.1 Å². The molecule has 0 unspecified atom stereocenters. The van der Waals surface area contributed by atoms with E-state index in [0.717, 1.165) is 32.5 Å². The van der Waals surface area contributed by atoms with E-state index in [4.69, 9.17) is 4.98 Å². The Labute approximate surface area is 226 Å². The molecule has 0 atom stereocenters. The number of rotatable bonds is 7. The van der Waals surface area contributed by atoms with Crippen LogP contribution in [0.4, 0.5) is 0 Å². The summed E-state index contributed by atoms with van der Waals surface area (Å²) in [5, 5.41) is 0.615. The first-order valence-electron chi connectivity index (χ1n) is 11.9. The standard InChI is InChI=1S/C28H30IN3O3S/c1-5-8-26-30-24-16-15-21(29)17-23(24)27(33)32(26)18-19-11-13-20(14-12-19)22-9-6-7-10-25(22)36(34,35)31-28(2,3)4/h6-7,9-17,31H,5,8,18H2,1-4H3. The second-order valence-electron chi connectivity index (χ2n) is 9.88. The van der Waals surface area contributed by atoms with Crippen molar-refractivity contribution in [2.45, 2.75) is 57.5 Å². The number of benzene rings is 3. The van der Waals surface area contributed by atoms with E-state index in [-0.39, 0.29) is 10.5 Å². The molecule has 0 fully saturated rings. The highest BCUT2D eigenvalue weighted by atomic mass is 127. The molecule has 8 heteroatoms. The minimum Gasteiger partial charge on any atom is -0.292 e. The first-order valence-corrected chi connectivity index (χ1v) is 14.5. The summed E-state index contributed by atoms with van der Waals surface area (Å²) in [5.41, 5.74) is 2.45. The van der Waals surface area contributed by atoms with Crippen LogP contribution in [0.1, 0.15) is 45.5 Å². The summed E-state index contributed by atoms with van der Waals surface area (Å²) in [6.07, 6.45) is 1.59. The first kappa shape index (κ1) is 26.5. The Kier molecular flexibility index (Phi) is 7.68. The summed E-state index contributed by atoms with van der Waals surface area (Å²) < 4.78 is 31.6. The average molecular weight is 616 g/mol. The molecule has 188 valence electrons. The van der Waals surface area contributed by atoms with Crippen LogP contribution in [0, 0.1) is 3.57 Å². The lowest BCUT2D eigenvalue weighted by atomic mass is 10.0. The number of aryl methyl sites for hydroxylation is 1. The maximum Gasteiger partial charge on any atom is 0.261 e. The molecule has 1 aromatic heterocycles.